The average Bonchev–Trinajstić information content (AvgIpc) is 3.55. The molecule has 1 aromatic carbocycles. The van der Waals surface area contributed by atoms with Gasteiger partial charge in [0.2, 0.25) is 0 Å². The molecule has 1 saturated heterocycles. The van der Waals surface area contributed by atoms with E-state index < -0.39 is 5.82 Å². The van der Waals surface area contributed by atoms with Crippen molar-refractivity contribution in [3.63, 3.8) is 0 Å². The molecule has 7 rings (SSSR count). The smallest absolute Gasteiger partial charge is 0.254 e. The van der Waals surface area contributed by atoms with Crippen molar-refractivity contribution < 1.29 is 9.18 Å². The second-order valence-electron chi connectivity index (χ2n) is 10.3. The van der Waals surface area contributed by atoms with Gasteiger partial charge in [0, 0.05) is 65.9 Å². The molecule has 1 aliphatic carbocycles. The molecule has 0 radical (unpaired) electrons. The van der Waals surface area contributed by atoms with Gasteiger partial charge in [-0.15, -0.1) is 0 Å². The van der Waals surface area contributed by atoms with Crippen LogP contribution in [0.3, 0.4) is 0 Å². The highest BCUT2D eigenvalue weighted by Gasteiger charge is 2.35. The number of carbonyl (C=O) groups excluding carboxylic acids is 1. The van der Waals surface area contributed by atoms with Gasteiger partial charge >= 0.3 is 0 Å². The van der Waals surface area contributed by atoms with E-state index in [1.165, 1.54) is 12.6 Å². The van der Waals surface area contributed by atoms with Crippen molar-refractivity contribution in [3.05, 3.63) is 66.5 Å². The Morgan fingerprint density at radius 2 is 1.89 bits per heavy atom. The number of nitrogens with one attached hydrogen (secondary N) is 2. The van der Waals surface area contributed by atoms with E-state index in [9.17, 15) is 4.79 Å². The molecule has 9 heteroatoms. The molecule has 2 aliphatic rings. The lowest BCUT2D eigenvalue weighted by molar-refractivity contribution is 0.0489. The van der Waals surface area contributed by atoms with Crippen LogP contribution in [0.4, 0.5) is 4.39 Å². The van der Waals surface area contributed by atoms with Gasteiger partial charge in [-0.25, -0.2) is 9.37 Å². The van der Waals surface area contributed by atoms with Gasteiger partial charge in [-0.3, -0.25) is 14.5 Å². The second-order valence-corrected chi connectivity index (χ2v) is 10.3. The molecular formula is C29H28FN7O. The lowest BCUT2D eigenvalue weighted by atomic mass is 9.87. The highest BCUT2D eigenvalue weighted by Crippen LogP contribution is 2.37. The van der Waals surface area contributed by atoms with Crippen molar-refractivity contribution >= 4 is 27.8 Å². The Morgan fingerprint density at radius 3 is 2.71 bits per heavy atom. The number of carbonyl (C=O) groups is 1. The van der Waals surface area contributed by atoms with Crippen LogP contribution in [0.25, 0.3) is 44.3 Å². The van der Waals surface area contributed by atoms with Crippen LogP contribution >= 0.6 is 0 Å². The lowest BCUT2D eigenvalue weighted by Gasteiger charge is -2.44. The Balaban J connectivity index is 1.27. The van der Waals surface area contributed by atoms with Crippen LogP contribution in [0, 0.1) is 5.82 Å². The number of hydrogen-bond acceptors (Lipinski definition) is 5. The van der Waals surface area contributed by atoms with Crippen molar-refractivity contribution in [1.82, 2.24) is 34.9 Å². The highest BCUT2D eigenvalue weighted by molar-refractivity contribution is 6.13. The Bertz CT molecular complexity index is 1670. The first kappa shape index (κ1) is 23.0. The molecule has 2 N–H and O–H groups in total. The maximum atomic E-state index is 15.4. The summed E-state index contributed by atoms with van der Waals surface area (Å²) >= 11 is 0. The summed E-state index contributed by atoms with van der Waals surface area (Å²) in [6, 6.07) is 9.89. The first-order valence-electron chi connectivity index (χ1n) is 13.2. The number of aromatic amines is 1. The second kappa shape index (κ2) is 9.02. The number of aromatic nitrogens is 5. The average molecular weight is 510 g/mol. The summed E-state index contributed by atoms with van der Waals surface area (Å²) in [4.78, 5) is 27.7. The zero-order valence-electron chi connectivity index (χ0n) is 21.1. The van der Waals surface area contributed by atoms with Crippen LogP contribution in [0.2, 0.25) is 0 Å². The number of benzene rings is 1. The standard InChI is InChI=1S/C29H28FN7O/c1-36-16-19(13-34-36)23-12-20-24(15-32-23)35-28-27(20)26(21(30)14-33-28)17-6-8-18(9-7-17)29(38)37-11-10-31-22-4-2-3-5-25(22)37/h6-9,12-16,22,25,31H,2-5,10-11H2,1H3,(H,33,35). The van der Waals surface area contributed by atoms with Crippen LogP contribution < -0.4 is 5.32 Å². The van der Waals surface area contributed by atoms with Gasteiger partial charge in [0.25, 0.3) is 5.91 Å². The number of rotatable bonds is 3. The Kier molecular flexibility index (Phi) is 5.47. The summed E-state index contributed by atoms with van der Waals surface area (Å²) < 4.78 is 17.1. The Morgan fingerprint density at radius 1 is 1.05 bits per heavy atom. The fourth-order valence-corrected chi connectivity index (χ4v) is 6.18. The number of amides is 1. The topological polar surface area (TPSA) is 91.7 Å². The van der Waals surface area contributed by atoms with E-state index >= 15 is 4.39 Å². The quantitative estimate of drug-likeness (QED) is 0.369. The Hall–Kier alpha value is -4.11. The fraction of sp³-hybridized carbons (Fsp3) is 0.310. The molecule has 1 aliphatic heterocycles. The zero-order valence-corrected chi connectivity index (χ0v) is 21.1. The SMILES string of the molecule is Cn1cc(-c2cc3c(cn2)[nH]c2ncc(F)c(-c4ccc(C(=O)N5CCNC6CCCCC65)cc4)c23)cn1. The van der Waals surface area contributed by atoms with E-state index in [1.54, 1.807) is 17.1 Å². The number of hydrogen-bond donors (Lipinski definition) is 2. The van der Waals surface area contributed by atoms with Crippen molar-refractivity contribution in [2.24, 2.45) is 7.05 Å². The van der Waals surface area contributed by atoms with Crippen molar-refractivity contribution in [1.29, 1.82) is 0 Å². The molecule has 5 aromatic rings. The number of pyridine rings is 2. The van der Waals surface area contributed by atoms with E-state index in [0.717, 1.165) is 48.0 Å². The summed E-state index contributed by atoms with van der Waals surface area (Å²) in [7, 11) is 1.86. The van der Waals surface area contributed by atoms with E-state index in [4.69, 9.17) is 0 Å². The molecule has 0 spiro atoms. The number of halogens is 1. The zero-order chi connectivity index (χ0) is 25.8. The largest absolute Gasteiger partial charge is 0.338 e. The lowest BCUT2D eigenvalue weighted by Crippen LogP contribution is -2.60. The number of nitrogens with zero attached hydrogens (tertiary/aromatic N) is 5. The van der Waals surface area contributed by atoms with E-state index in [2.05, 4.69) is 25.4 Å². The molecule has 0 bridgehead atoms. The molecule has 2 fully saturated rings. The van der Waals surface area contributed by atoms with Gasteiger partial charge in [0.1, 0.15) is 11.5 Å². The van der Waals surface area contributed by atoms with Crippen molar-refractivity contribution in [2.75, 3.05) is 13.1 Å². The third kappa shape index (κ3) is 3.77. The fourth-order valence-electron chi connectivity index (χ4n) is 6.18. The molecular weight excluding hydrogens is 481 g/mol. The van der Waals surface area contributed by atoms with E-state index in [0.29, 0.717) is 40.3 Å². The molecule has 1 saturated carbocycles. The Labute approximate surface area is 218 Å². The van der Waals surface area contributed by atoms with Crippen LogP contribution in [0.15, 0.2) is 55.1 Å². The maximum Gasteiger partial charge on any atom is 0.254 e. The van der Waals surface area contributed by atoms with Crippen LogP contribution in [-0.2, 0) is 7.05 Å². The van der Waals surface area contributed by atoms with Gasteiger partial charge in [0.15, 0.2) is 0 Å². The van der Waals surface area contributed by atoms with Gasteiger partial charge < -0.3 is 15.2 Å². The summed E-state index contributed by atoms with van der Waals surface area (Å²) in [5.41, 5.74) is 4.78. The van der Waals surface area contributed by atoms with Gasteiger partial charge in [-0.05, 0) is 36.6 Å². The molecule has 2 atom stereocenters. The minimum absolute atomic E-state index is 0.0505. The molecule has 8 nitrogen and oxygen atoms in total. The number of fused-ring (bicyclic) bond motifs is 4. The third-order valence-electron chi connectivity index (χ3n) is 8.03. The van der Waals surface area contributed by atoms with Crippen LogP contribution in [0.5, 0.6) is 0 Å². The highest BCUT2D eigenvalue weighted by atomic mass is 19.1. The maximum absolute atomic E-state index is 15.4. The number of aryl methyl sites for hydroxylation is 1. The van der Waals surface area contributed by atoms with Gasteiger partial charge in [-0.1, -0.05) is 25.0 Å². The van der Waals surface area contributed by atoms with E-state index in [1.807, 2.05) is 48.5 Å². The van der Waals surface area contributed by atoms with Crippen LogP contribution in [0.1, 0.15) is 36.0 Å². The predicted octanol–water partition coefficient (Wildman–Crippen LogP) is 4.67. The minimum Gasteiger partial charge on any atom is -0.338 e. The van der Waals surface area contributed by atoms with Crippen molar-refractivity contribution in [2.45, 2.75) is 37.8 Å². The summed E-state index contributed by atoms with van der Waals surface area (Å²) in [6.45, 7) is 1.53. The predicted molar refractivity (Wildman–Crippen MR) is 144 cm³/mol. The van der Waals surface area contributed by atoms with Gasteiger partial charge in [0.05, 0.1) is 29.8 Å². The third-order valence-corrected chi connectivity index (χ3v) is 8.03. The van der Waals surface area contributed by atoms with Crippen LogP contribution in [-0.4, -0.2) is 60.7 Å². The summed E-state index contributed by atoms with van der Waals surface area (Å²) in [5.74, 6) is -0.362. The molecule has 4 aromatic heterocycles. The summed E-state index contributed by atoms with van der Waals surface area (Å²) in [6.07, 6.45) is 11.2. The molecule has 5 heterocycles. The number of piperazine rings is 1. The molecule has 38 heavy (non-hydrogen) atoms. The molecule has 192 valence electrons. The first-order chi connectivity index (χ1) is 18.6. The van der Waals surface area contributed by atoms with E-state index in [-0.39, 0.29) is 11.9 Å². The molecule has 2 unspecified atom stereocenters. The summed E-state index contributed by atoms with van der Waals surface area (Å²) in [5, 5.41) is 9.35. The monoisotopic (exact) mass is 509 g/mol. The van der Waals surface area contributed by atoms with Gasteiger partial charge in [-0.2, -0.15) is 5.10 Å². The van der Waals surface area contributed by atoms with Crippen molar-refractivity contribution in [3.8, 4) is 22.4 Å². The minimum atomic E-state index is -0.413. The first-order valence-corrected chi connectivity index (χ1v) is 13.2. The molecule has 1 amide bonds. The normalized spacial score (nSPS) is 19.7. The number of H-pyrrole nitrogens is 1.